The molecule has 0 fully saturated rings. The van der Waals surface area contributed by atoms with Gasteiger partial charge in [-0.1, -0.05) is 13.3 Å². The molecule has 0 saturated heterocycles. The number of aliphatic hydroxyl groups excluding tert-OH is 5. The van der Waals surface area contributed by atoms with E-state index < -0.39 is 31.0 Å². The fourth-order valence-electron chi connectivity index (χ4n) is 1.39. The largest absolute Gasteiger partial charge is 0.394 e. The summed E-state index contributed by atoms with van der Waals surface area (Å²) in [7, 11) is 0. The third-order valence-corrected chi connectivity index (χ3v) is 2.61. The van der Waals surface area contributed by atoms with E-state index in [9.17, 15) is 20.2 Å². The van der Waals surface area contributed by atoms with E-state index >= 15 is 0 Å². The van der Waals surface area contributed by atoms with Crippen molar-refractivity contribution in [2.24, 2.45) is 5.29 Å². The van der Waals surface area contributed by atoms with Crippen LogP contribution in [-0.2, 0) is 0 Å². The fourth-order valence-corrected chi connectivity index (χ4v) is 1.39. The lowest BCUT2D eigenvalue weighted by atomic mass is 10.0. The van der Waals surface area contributed by atoms with Crippen molar-refractivity contribution in [3.05, 3.63) is 4.91 Å². The van der Waals surface area contributed by atoms with Crippen molar-refractivity contribution in [2.45, 2.75) is 44.2 Å². The van der Waals surface area contributed by atoms with Gasteiger partial charge in [0.25, 0.3) is 0 Å². The summed E-state index contributed by atoms with van der Waals surface area (Å²) in [6, 6.07) is 0. The first kappa shape index (κ1) is 17.2. The maximum Gasteiger partial charge on any atom is 0.111 e. The lowest BCUT2D eigenvalue weighted by Gasteiger charge is -2.27. The molecule has 108 valence electrons. The number of aliphatic hydroxyl groups is 5. The molecule has 0 aromatic carbocycles. The number of rotatable bonds is 10. The van der Waals surface area contributed by atoms with E-state index in [2.05, 4.69) is 5.29 Å². The molecular weight excluding hydrogens is 244 g/mol. The predicted octanol–water partition coefficient (Wildman–Crippen LogP) is -1.79. The van der Waals surface area contributed by atoms with Gasteiger partial charge >= 0.3 is 0 Å². The Morgan fingerprint density at radius 1 is 1.11 bits per heavy atom. The molecule has 8 heteroatoms. The molecule has 0 bridgehead atoms. The van der Waals surface area contributed by atoms with Gasteiger partial charge in [0.15, 0.2) is 0 Å². The highest BCUT2D eigenvalue weighted by Gasteiger charge is 2.31. The first-order chi connectivity index (χ1) is 8.47. The monoisotopic (exact) mass is 266 g/mol. The van der Waals surface area contributed by atoms with Gasteiger partial charge in [-0.3, -0.25) is 5.01 Å². The van der Waals surface area contributed by atoms with Crippen LogP contribution in [0.25, 0.3) is 0 Å². The fraction of sp³-hybridized carbons (Fsp3) is 1.00. The Bertz CT molecular complexity index is 230. The summed E-state index contributed by atoms with van der Waals surface area (Å²) in [5.41, 5.74) is 0. The maximum absolute atomic E-state index is 10.5. The van der Waals surface area contributed by atoms with Crippen LogP contribution >= 0.6 is 0 Å². The molecule has 0 radical (unpaired) electrons. The van der Waals surface area contributed by atoms with Gasteiger partial charge in [-0.15, -0.1) is 4.91 Å². The summed E-state index contributed by atoms with van der Waals surface area (Å²) >= 11 is 0. The molecule has 0 unspecified atom stereocenters. The van der Waals surface area contributed by atoms with Gasteiger partial charge in [0.2, 0.25) is 0 Å². The molecule has 5 N–H and O–H groups in total. The molecule has 0 aliphatic carbocycles. The van der Waals surface area contributed by atoms with E-state index in [1.807, 2.05) is 6.92 Å². The van der Waals surface area contributed by atoms with E-state index in [0.29, 0.717) is 13.0 Å². The zero-order chi connectivity index (χ0) is 14.1. The van der Waals surface area contributed by atoms with Crippen molar-refractivity contribution in [3.8, 4) is 0 Å². The SMILES string of the molecule is CCCCN(C[C@H](O)[C@@H](O)[C@H](O)[C@H](O)CO)N=O. The molecule has 0 spiro atoms. The van der Waals surface area contributed by atoms with Crippen LogP contribution in [0.3, 0.4) is 0 Å². The Balaban J connectivity index is 4.27. The van der Waals surface area contributed by atoms with Crippen molar-refractivity contribution in [3.63, 3.8) is 0 Å². The van der Waals surface area contributed by atoms with E-state index in [-0.39, 0.29) is 6.54 Å². The quantitative estimate of drug-likeness (QED) is 0.233. The minimum absolute atomic E-state index is 0.250. The standard InChI is InChI=1S/C10H22N2O6/c1-2-3-4-12(11-18)5-7(14)9(16)10(17)8(15)6-13/h7-10,13-17H,2-6H2,1H3/t7-,8+,9+,10+/m0/s1. The Hall–Kier alpha value is -0.800. The van der Waals surface area contributed by atoms with Crippen LogP contribution in [0, 0.1) is 4.91 Å². The summed E-state index contributed by atoms with van der Waals surface area (Å²) < 4.78 is 0. The number of hydrogen-bond donors (Lipinski definition) is 5. The molecule has 8 nitrogen and oxygen atoms in total. The van der Waals surface area contributed by atoms with Crippen LogP contribution in [0.1, 0.15) is 19.8 Å². The van der Waals surface area contributed by atoms with Gasteiger partial charge in [-0.2, -0.15) is 0 Å². The van der Waals surface area contributed by atoms with Gasteiger partial charge < -0.3 is 25.5 Å². The maximum atomic E-state index is 10.5. The summed E-state index contributed by atoms with van der Waals surface area (Å²) in [6.07, 6.45) is -4.81. The molecule has 0 aliphatic heterocycles. The molecule has 18 heavy (non-hydrogen) atoms. The zero-order valence-corrected chi connectivity index (χ0v) is 10.4. The molecule has 0 aliphatic rings. The van der Waals surface area contributed by atoms with E-state index in [0.717, 1.165) is 11.4 Å². The van der Waals surface area contributed by atoms with Crippen molar-refractivity contribution in [1.29, 1.82) is 0 Å². The highest BCUT2D eigenvalue weighted by atomic mass is 16.4. The van der Waals surface area contributed by atoms with Gasteiger partial charge in [0.1, 0.15) is 24.4 Å². The van der Waals surface area contributed by atoms with Crippen LogP contribution in [0.15, 0.2) is 5.29 Å². The average Bonchev–Trinajstić information content (AvgIpc) is 2.40. The molecule has 0 rings (SSSR count). The van der Waals surface area contributed by atoms with Crippen LogP contribution in [0.4, 0.5) is 0 Å². The third-order valence-electron chi connectivity index (χ3n) is 2.61. The molecular formula is C10H22N2O6. The Morgan fingerprint density at radius 2 is 1.67 bits per heavy atom. The normalized spacial score (nSPS) is 17.9. The summed E-state index contributed by atoms with van der Waals surface area (Å²) in [6.45, 7) is 1.27. The van der Waals surface area contributed by atoms with Crippen LogP contribution in [0.2, 0.25) is 0 Å². The predicted molar refractivity (Wildman–Crippen MR) is 63.4 cm³/mol. The topological polar surface area (TPSA) is 134 Å². The first-order valence-corrected chi connectivity index (χ1v) is 5.89. The summed E-state index contributed by atoms with van der Waals surface area (Å²) in [4.78, 5) is 10.5. The summed E-state index contributed by atoms with van der Waals surface area (Å²) in [5.74, 6) is 0. The second-order valence-corrected chi connectivity index (χ2v) is 4.15. The minimum Gasteiger partial charge on any atom is -0.394 e. The second-order valence-electron chi connectivity index (χ2n) is 4.15. The molecule has 0 heterocycles. The smallest absolute Gasteiger partial charge is 0.111 e. The number of nitroso groups, excluding NO2 is 1. The van der Waals surface area contributed by atoms with E-state index in [1.165, 1.54) is 0 Å². The van der Waals surface area contributed by atoms with Crippen molar-refractivity contribution in [1.82, 2.24) is 5.01 Å². The van der Waals surface area contributed by atoms with Gasteiger partial charge in [-0.25, -0.2) is 0 Å². The van der Waals surface area contributed by atoms with Crippen LogP contribution in [-0.4, -0.2) is 74.7 Å². The average molecular weight is 266 g/mol. The second kappa shape index (κ2) is 9.17. The van der Waals surface area contributed by atoms with E-state index in [4.69, 9.17) is 10.2 Å². The van der Waals surface area contributed by atoms with Crippen LogP contribution < -0.4 is 0 Å². The van der Waals surface area contributed by atoms with Crippen LogP contribution in [0.5, 0.6) is 0 Å². The van der Waals surface area contributed by atoms with Crippen molar-refractivity contribution in [2.75, 3.05) is 19.7 Å². The van der Waals surface area contributed by atoms with Gasteiger partial charge in [0, 0.05) is 6.54 Å². The number of nitrogens with zero attached hydrogens (tertiary/aromatic N) is 2. The highest BCUT2D eigenvalue weighted by Crippen LogP contribution is 2.07. The van der Waals surface area contributed by atoms with Gasteiger partial charge in [0.05, 0.1) is 18.4 Å². The number of hydrogen-bond acceptors (Lipinski definition) is 7. The lowest BCUT2D eigenvalue weighted by molar-refractivity contribution is -0.119. The van der Waals surface area contributed by atoms with E-state index in [1.54, 1.807) is 0 Å². The third kappa shape index (κ3) is 5.69. The molecule has 0 aromatic heterocycles. The van der Waals surface area contributed by atoms with Crippen molar-refractivity contribution < 1.29 is 25.5 Å². The first-order valence-electron chi connectivity index (χ1n) is 5.89. The Labute approximate surface area is 105 Å². The Morgan fingerprint density at radius 3 is 2.11 bits per heavy atom. The summed E-state index contributed by atoms with van der Waals surface area (Å²) in [5, 5.41) is 49.9. The zero-order valence-electron chi connectivity index (χ0n) is 10.4. The highest BCUT2D eigenvalue weighted by molar-refractivity contribution is 4.81. The van der Waals surface area contributed by atoms with Crippen molar-refractivity contribution >= 4 is 0 Å². The molecule has 0 saturated carbocycles. The lowest BCUT2D eigenvalue weighted by Crippen LogP contribution is -2.49. The molecule has 4 atom stereocenters. The number of unbranched alkanes of at least 4 members (excludes halogenated alkanes) is 1. The molecule has 0 aromatic rings. The van der Waals surface area contributed by atoms with Gasteiger partial charge in [-0.05, 0) is 6.42 Å². The minimum atomic E-state index is -1.69. The molecule has 0 amide bonds. The Kier molecular flexibility index (Phi) is 8.77.